The van der Waals surface area contributed by atoms with Gasteiger partial charge in [0.1, 0.15) is 5.75 Å². The van der Waals surface area contributed by atoms with Gasteiger partial charge in [-0.3, -0.25) is 4.79 Å². The van der Waals surface area contributed by atoms with Gasteiger partial charge >= 0.3 is 0 Å². The molecule has 1 saturated heterocycles. The van der Waals surface area contributed by atoms with E-state index in [1.807, 2.05) is 42.5 Å². The molecule has 0 saturated carbocycles. The van der Waals surface area contributed by atoms with E-state index in [-0.39, 0.29) is 29.6 Å². The number of piperidine rings is 1. The first kappa shape index (κ1) is 17.7. The van der Waals surface area contributed by atoms with Crippen LogP contribution in [0.3, 0.4) is 0 Å². The van der Waals surface area contributed by atoms with Gasteiger partial charge in [-0.15, -0.1) is 0 Å². The van der Waals surface area contributed by atoms with Crippen LogP contribution < -0.4 is 15.4 Å². The number of fused-ring (bicyclic) bond motifs is 1. The monoisotopic (exact) mass is 340 g/mol. The largest absolute Gasteiger partial charge is 0.483 e. The van der Waals surface area contributed by atoms with Gasteiger partial charge in [-0.25, -0.2) is 0 Å². The highest BCUT2D eigenvalue weighted by molar-refractivity contribution is 5.88. The first-order valence-corrected chi connectivity index (χ1v) is 8.93. The van der Waals surface area contributed by atoms with E-state index in [9.17, 15) is 4.79 Å². The lowest BCUT2D eigenvalue weighted by Crippen LogP contribution is -2.62. The fourth-order valence-corrected chi connectivity index (χ4v) is 4.16. The maximum atomic E-state index is 12.4. The third-order valence-electron chi connectivity index (χ3n) is 4.66. The molecule has 1 aliphatic heterocycles. The Balaban J connectivity index is 1.61. The molecule has 2 N–H and O–H groups in total. The van der Waals surface area contributed by atoms with E-state index in [0.29, 0.717) is 0 Å². The minimum atomic E-state index is -0.0635. The highest BCUT2D eigenvalue weighted by Gasteiger charge is 2.38. The van der Waals surface area contributed by atoms with Gasteiger partial charge in [0.25, 0.3) is 5.91 Å². The summed E-state index contributed by atoms with van der Waals surface area (Å²) in [7, 11) is 0. The van der Waals surface area contributed by atoms with E-state index >= 15 is 0 Å². The summed E-state index contributed by atoms with van der Waals surface area (Å²) in [6.45, 7) is 8.76. The highest BCUT2D eigenvalue weighted by Crippen LogP contribution is 2.28. The van der Waals surface area contributed by atoms with Gasteiger partial charge in [0.05, 0.1) is 0 Å². The summed E-state index contributed by atoms with van der Waals surface area (Å²) in [4.78, 5) is 12.4. The first-order valence-electron chi connectivity index (χ1n) is 8.93. The van der Waals surface area contributed by atoms with E-state index < -0.39 is 0 Å². The molecule has 0 atom stereocenters. The fourth-order valence-electron chi connectivity index (χ4n) is 4.16. The van der Waals surface area contributed by atoms with E-state index in [2.05, 4.69) is 38.3 Å². The molecule has 2 aromatic carbocycles. The lowest BCUT2D eigenvalue weighted by Gasteiger charge is -2.46. The Morgan fingerprint density at radius 1 is 1.08 bits per heavy atom. The van der Waals surface area contributed by atoms with Gasteiger partial charge in [-0.05, 0) is 52.0 Å². The normalized spacial score (nSPS) is 19.5. The van der Waals surface area contributed by atoms with Crippen LogP contribution in [-0.2, 0) is 4.79 Å². The lowest BCUT2D eigenvalue weighted by atomic mass is 9.79. The Hall–Kier alpha value is -2.07. The number of rotatable bonds is 4. The molecule has 0 spiro atoms. The predicted molar refractivity (Wildman–Crippen MR) is 102 cm³/mol. The van der Waals surface area contributed by atoms with Crippen LogP contribution in [0.25, 0.3) is 10.8 Å². The van der Waals surface area contributed by atoms with Crippen molar-refractivity contribution in [1.82, 2.24) is 10.6 Å². The molecule has 4 heteroatoms. The van der Waals surface area contributed by atoms with Crippen LogP contribution in [0.4, 0.5) is 0 Å². The molecule has 134 valence electrons. The summed E-state index contributed by atoms with van der Waals surface area (Å²) < 4.78 is 5.80. The molecule has 0 bridgehead atoms. The van der Waals surface area contributed by atoms with E-state index in [4.69, 9.17) is 4.74 Å². The molecule has 1 heterocycles. The van der Waals surface area contributed by atoms with Gasteiger partial charge in [0, 0.05) is 22.5 Å². The van der Waals surface area contributed by atoms with Crippen molar-refractivity contribution in [3.8, 4) is 5.75 Å². The molecule has 1 aliphatic rings. The topological polar surface area (TPSA) is 50.4 Å². The fraction of sp³-hybridized carbons (Fsp3) is 0.476. The summed E-state index contributed by atoms with van der Waals surface area (Å²) in [5.74, 6) is 0.686. The number of hydrogen-bond acceptors (Lipinski definition) is 3. The van der Waals surface area contributed by atoms with Crippen LogP contribution in [0.15, 0.2) is 42.5 Å². The van der Waals surface area contributed by atoms with Crippen molar-refractivity contribution in [3.05, 3.63) is 42.5 Å². The molecule has 0 aliphatic carbocycles. The smallest absolute Gasteiger partial charge is 0.258 e. The van der Waals surface area contributed by atoms with Gasteiger partial charge in [-0.1, -0.05) is 36.4 Å². The third-order valence-corrected chi connectivity index (χ3v) is 4.66. The molecule has 0 unspecified atom stereocenters. The Labute approximate surface area is 149 Å². The van der Waals surface area contributed by atoms with Crippen LogP contribution in [0.1, 0.15) is 40.5 Å². The minimum absolute atomic E-state index is 0.0101. The molecule has 2 aromatic rings. The number of amides is 1. The Bertz CT molecular complexity index is 746. The molecule has 25 heavy (non-hydrogen) atoms. The maximum Gasteiger partial charge on any atom is 0.258 e. The number of benzene rings is 2. The van der Waals surface area contributed by atoms with Crippen molar-refractivity contribution >= 4 is 16.7 Å². The van der Waals surface area contributed by atoms with Crippen LogP contribution in [0.2, 0.25) is 0 Å². The Morgan fingerprint density at radius 3 is 2.44 bits per heavy atom. The zero-order chi connectivity index (χ0) is 18.1. The minimum Gasteiger partial charge on any atom is -0.483 e. The summed E-state index contributed by atoms with van der Waals surface area (Å²) >= 11 is 0. The predicted octanol–water partition coefficient (Wildman–Crippen LogP) is 3.64. The molecular formula is C21H28N2O2. The Kier molecular flexibility index (Phi) is 4.74. The van der Waals surface area contributed by atoms with Gasteiger partial charge < -0.3 is 15.4 Å². The quantitative estimate of drug-likeness (QED) is 0.893. The third kappa shape index (κ3) is 4.51. The molecular weight excluding hydrogens is 312 g/mol. The summed E-state index contributed by atoms with van der Waals surface area (Å²) in [5, 5.41) is 8.92. The molecule has 0 radical (unpaired) electrons. The number of carbonyl (C=O) groups excluding carboxylic acids is 1. The van der Waals surface area contributed by atoms with Gasteiger partial charge in [0.2, 0.25) is 0 Å². The van der Waals surface area contributed by atoms with Crippen LogP contribution >= 0.6 is 0 Å². The van der Waals surface area contributed by atoms with E-state index in [0.717, 1.165) is 29.4 Å². The number of carbonyl (C=O) groups is 1. The number of nitrogens with one attached hydrogen (secondary N) is 2. The second kappa shape index (κ2) is 6.68. The molecule has 3 rings (SSSR count). The zero-order valence-electron chi connectivity index (χ0n) is 15.6. The lowest BCUT2D eigenvalue weighted by molar-refractivity contribution is -0.124. The zero-order valence-corrected chi connectivity index (χ0v) is 15.6. The molecule has 0 aromatic heterocycles. The van der Waals surface area contributed by atoms with Crippen molar-refractivity contribution in [1.29, 1.82) is 0 Å². The Morgan fingerprint density at radius 2 is 1.72 bits per heavy atom. The number of hydrogen-bond donors (Lipinski definition) is 2. The maximum absolute atomic E-state index is 12.4. The van der Waals surface area contributed by atoms with Gasteiger partial charge in [0.15, 0.2) is 6.61 Å². The molecule has 1 amide bonds. The van der Waals surface area contributed by atoms with Crippen LogP contribution in [-0.4, -0.2) is 29.6 Å². The van der Waals surface area contributed by atoms with Crippen molar-refractivity contribution in [2.24, 2.45) is 0 Å². The average Bonchev–Trinajstić information content (AvgIpc) is 2.49. The second-order valence-electron chi connectivity index (χ2n) is 8.33. The summed E-state index contributed by atoms with van der Waals surface area (Å²) in [6.07, 6.45) is 1.83. The van der Waals surface area contributed by atoms with Crippen molar-refractivity contribution < 1.29 is 9.53 Å². The van der Waals surface area contributed by atoms with Crippen LogP contribution in [0, 0.1) is 0 Å². The van der Waals surface area contributed by atoms with Gasteiger partial charge in [-0.2, -0.15) is 0 Å². The average molecular weight is 340 g/mol. The van der Waals surface area contributed by atoms with Crippen molar-refractivity contribution in [2.75, 3.05) is 6.61 Å². The van der Waals surface area contributed by atoms with E-state index in [1.54, 1.807) is 0 Å². The highest BCUT2D eigenvalue weighted by atomic mass is 16.5. The second-order valence-corrected chi connectivity index (χ2v) is 8.33. The van der Waals surface area contributed by atoms with E-state index in [1.165, 1.54) is 0 Å². The number of ether oxygens (including phenoxy) is 1. The summed E-state index contributed by atoms with van der Waals surface area (Å²) in [6, 6.07) is 14.1. The standard InChI is InChI=1S/C21H28N2O2/c1-20(2)12-16(13-21(3,4)23-20)22-19(24)14-25-18-11-7-9-15-8-5-6-10-17(15)18/h5-11,16,23H,12-14H2,1-4H3,(H,22,24). The summed E-state index contributed by atoms with van der Waals surface area (Å²) in [5.41, 5.74) is 0.0202. The molecule has 1 fully saturated rings. The first-order chi connectivity index (χ1) is 11.7. The van der Waals surface area contributed by atoms with Crippen molar-refractivity contribution in [2.45, 2.75) is 57.7 Å². The molecule has 4 nitrogen and oxygen atoms in total. The SMILES string of the molecule is CC1(C)CC(NC(=O)COc2cccc3ccccc23)CC(C)(C)N1. The van der Waals surface area contributed by atoms with Crippen LogP contribution in [0.5, 0.6) is 5.75 Å². The van der Waals surface area contributed by atoms with Crippen molar-refractivity contribution in [3.63, 3.8) is 0 Å².